The van der Waals surface area contributed by atoms with Crippen LogP contribution in [0.4, 0.5) is 11.4 Å². The Morgan fingerprint density at radius 1 is 1.15 bits per heavy atom. The zero-order valence-corrected chi connectivity index (χ0v) is 12.9. The lowest BCUT2D eigenvalue weighted by atomic mass is 10.1. The van der Waals surface area contributed by atoms with Gasteiger partial charge in [-0.15, -0.1) is 0 Å². The number of amides is 1. The molecule has 1 heterocycles. The van der Waals surface area contributed by atoms with Crippen LogP contribution in [0.5, 0.6) is 0 Å². The molecule has 2 aromatic rings. The van der Waals surface area contributed by atoms with Crippen LogP contribution in [0.2, 0.25) is 5.02 Å². The first kappa shape index (κ1) is 13.3. The average Bonchev–Trinajstić information content (AvgIpc) is 2.74. The van der Waals surface area contributed by atoms with Crippen LogP contribution in [0.25, 0.3) is 0 Å². The monoisotopic (exact) mass is 348 g/mol. The molecule has 2 aromatic carbocycles. The zero-order chi connectivity index (χ0) is 14.3. The van der Waals surface area contributed by atoms with E-state index < -0.39 is 0 Å². The molecule has 0 bridgehead atoms. The summed E-state index contributed by atoms with van der Waals surface area (Å²) < 4.78 is 0.890. The Morgan fingerprint density at radius 3 is 2.55 bits per heavy atom. The summed E-state index contributed by atoms with van der Waals surface area (Å²) in [5.41, 5.74) is 3.76. The molecule has 0 aromatic heterocycles. The molecule has 0 aliphatic carbocycles. The summed E-state index contributed by atoms with van der Waals surface area (Å²) in [6.07, 6.45) is 0. The van der Waals surface area contributed by atoms with Crippen molar-refractivity contribution in [1.29, 1.82) is 0 Å². The molecule has 1 aliphatic heterocycles. The predicted molar refractivity (Wildman–Crippen MR) is 85.2 cm³/mol. The maximum Gasteiger partial charge on any atom is 0.275 e. The molecule has 0 unspecified atom stereocenters. The standard InChI is InChI=1S/C15H10BrClN2O/c1-8-2-7-11-12(13(8)16)14(15(20)19-11)18-10-5-3-9(17)4-6-10/h2-7H,1H3,(H,18,19,20). The van der Waals surface area contributed by atoms with Crippen LogP contribution in [-0.2, 0) is 4.79 Å². The van der Waals surface area contributed by atoms with E-state index in [9.17, 15) is 4.79 Å². The van der Waals surface area contributed by atoms with Crippen LogP contribution in [0, 0.1) is 6.92 Å². The van der Waals surface area contributed by atoms with Crippen LogP contribution in [0.1, 0.15) is 11.1 Å². The first-order valence-electron chi connectivity index (χ1n) is 6.01. The van der Waals surface area contributed by atoms with E-state index >= 15 is 0 Å². The Hall–Kier alpha value is -1.65. The van der Waals surface area contributed by atoms with Gasteiger partial charge in [0.1, 0.15) is 5.71 Å². The third-order valence-corrected chi connectivity index (χ3v) is 4.38. The van der Waals surface area contributed by atoms with Crippen molar-refractivity contribution < 1.29 is 4.79 Å². The number of fused-ring (bicyclic) bond motifs is 1. The molecular weight excluding hydrogens is 340 g/mol. The molecule has 100 valence electrons. The highest BCUT2D eigenvalue weighted by Gasteiger charge is 2.28. The van der Waals surface area contributed by atoms with Crippen molar-refractivity contribution in [2.75, 3.05) is 5.32 Å². The summed E-state index contributed by atoms with van der Waals surface area (Å²) in [6, 6.07) is 10.9. The Bertz CT molecular complexity index is 738. The summed E-state index contributed by atoms with van der Waals surface area (Å²) in [5.74, 6) is -0.193. The number of hydrogen-bond donors (Lipinski definition) is 1. The van der Waals surface area contributed by atoms with Crippen LogP contribution >= 0.6 is 27.5 Å². The predicted octanol–water partition coefficient (Wildman–Crippen LogP) is 4.48. The molecule has 20 heavy (non-hydrogen) atoms. The van der Waals surface area contributed by atoms with Gasteiger partial charge in [0, 0.05) is 15.1 Å². The van der Waals surface area contributed by atoms with Crippen LogP contribution in [-0.4, -0.2) is 11.6 Å². The van der Waals surface area contributed by atoms with Crippen molar-refractivity contribution in [1.82, 2.24) is 0 Å². The fourth-order valence-electron chi connectivity index (χ4n) is 2.06. The first-order chi connectivity index (χ1) is 9.56. The third-order valence-electron chi connectivity index (χ3n) is 3.10. The normalized spacial score (nSPS) is 15.3. The highest BCUT2D eigenvalue weighted by molar-refractivity contribution is 9.10. The van der Waals surface area contributed by atoms with Crippen molar-refractivity contribution in [3.05, 3.63) is 57.0 Å². The van der Waals surface area contributed by atoms with Gasteiger partial charge < -0.3 is 5.32 Å². The number of carbonyl (C=O) groups is 1. The first-order valence-corrected chi connectivity index (χ1v) is 7.18. The van der Waals surface area contributed by atoms with E-state index in [4.69, 9.17) is 11.6 Å². The molecule has 0 saturated heterocycles. The number of aryl methyl sites for hydroxylation is 1. The minimum Gasteiger partial charge on any atom is -0.320 e. The Kier molecular flexibility index (Phi) is 3.36. The van der Waals surface area contributed by atoms with Gasteiger partial charge in [-0.3, -0.25) is 4.79 Å². The summed E-state index contributed by atoms with van der Waals surface area (Å²) in [6.45, 7) is 1.98. The van der Waals surface area contributed by atoms with Gasteiger partial charge in [-0.05, 0) is 58.7 Å². The number of benzene rings is 2. The van der Waals surface area contributed by atoms with Crippen molar-refractivity contribution in [3.8, 4) is 0 Å². The Morgan fingerprint density at radius 2 is 1.85 bits per heavy atom. The van der Waals surface area contributed by atoms with E-state index in [2.05, 4.69) is 26.2 Å². The summed E-state index contributed by atoms with van der Waals surface area (Å²) in [4.78, 5) is 16.5. The van der Waals surface area contributed by atoms with Crippen molar-refractivity contribution in [2.24, 2.45) is 4.99 Å². The number of nitrogens with one attached hydrogen (secondary N) is 1. The second-order valence-electron chi connectivity index (χ2n) is 4.51. The van der Waals surface area contributed by atoms with E-state index in [1.165, 1.54) is 0 Å². The maximum atomic E-state index is 12.1. The second-order valence-corrected chi connectivity index (χ2v) is 5.74. The molecule has 0 fully saturated rings. The zero-order valence-electron chi connectivity index (χ0n) is 10.6. The Labute approximate surface area is 129 Å². The van der Waals surface area contributed by atoms with Gasteiger partial charge >= 0.3 is 0 Å². The summed E-state index contributed by atoms with van der Waals surface area (Å²) >= 11 is 9.38. The van der Waals surface area contributed by atoms with Gasteiger partial charge in [0.2, 0.25) is 0 Å². The number of hydrogen-bond acceptors (Lipinski definition) is 2. The van der Waals surface area contributed by atoms with Gasteiger partial charge in [0.15, 0.2) is 0 Å². The molecule has 0 saturated carbocycles. The number of nitrogens with zero attached hydrogens (tertiary/aromatic N) is 1. The number of carbonyl (C=O) groups excluding carboxylic acids is 1. The molecule has 1 N–H and O–H groups in total. The minimum atomic E-state index is -0.193. The van der Waals surface area contributed by atoms with Crippen molar-refractivity contribution in [3.63, 3.8) is 0 Å². The van der Waals surface area contributed by atoms with Crippen molar-refractivity contribution >= 4 is 50.5 Å². The Balaban J connectivity index is 2.14. The van der Waals surface area contributed by atoms with Crippen LogP contribution in [0.15, 0.2) is 45.9 Å². The molecule has 0 atom stereocenters. The van der Waals surface area contributed by atoms with E-state index in [0.29, 0.717) is 16.4 Å². The van der Waals surface area contributed by atoms with Gasteiger partial charge in [-0.25, -0.2) is 4.99 Å². The van der Waals surface area contributed by atoms with Gasteiger partial charge in [0.05, 0.1) is 11.4 Å². The molecule has 0 spiro atoms. The fourth-order valence-corrected chi connectivity index (χ4v) is 2.72. The highest BCUT2D eigenvalue weighted by Crippen LogP contribution is 2.34. The molecule has 1 amide bonds. The summed E-state index contributed by atoms with van der Waals surface area (Å²) in [5, 5.41) is 3.46. The fraction of sp³-hybridized carbons (Fsp3) is 0.0667. The number of aliphatic imine (C=N–C) groups is 1. The lowest BCUT2D eigenvalue weighted by Gasteiger charge is -2.04. The summed E-state index contributed by atoms with van der Waals surface area (Å²) in [7, 11) is 0. The topological polar surface area (TPSA) is 41.5 Å². The SMILES string of the molecule is Cc1ccc2c(c1Br)C(=Nc1ccc(Cl)cc1)C(=O)N2. The molecule has 3 rings (SSSR count). The number of anilines is 1. The van der Waals surface area contributed by atoms with Gasteiger partial charge in [-0.2, -0.15) is 0 Å². The smallest absolute Gasteiger partial charge is 0.275 e. The minimum absolute atomic E-state index is 0.193. The van der Waals surface area contributed by atoms with E-state index in [-0.39, 0.29) is 5.91 Å². The largest absolute Gasteiger partial charge is 0.320 e. The quantitative estimate of drug-likeness (QED) is 0.810. The molecular formula is C15H10BrClN2O. The van der Waals surface area contributed by atoms with Crippen LogP contribution < -0.4 is 5.32 Å². The molecule has 0 radical (unpaired) electrons. The second kappa shape index (κ2) is 5.04. The van der Waals surface area contributed by atoms with E-state index in [1.807, 2.05) is 19.1 Å². The molecule has 3 nitrogen and oxygen atoms in total. The highest BCUT2D eigenvalue weighted by atomic mass is 79.9. The molecule has 5 heteroatoms. The lowest BCUT2D eigenvalue weighted by Crippen LogP contribution is -2.14. The number of rotatable bonds is 1. The molecule has 1 aliphatic rings. The van der Waals surface area contributed by atoms with Gasteiger partial charge in [0.25, 0.3) is 5.91 Å². The number of halogens is 2. The third kappa shape index (κ3) is 2.25. The van der Waals surface area contributed by atoms with E-state index in [0.717, 1.165) is 21.3 Å². The van der Waals surface area contributed by atoms with Gasteiger partial charge in [-0.1, -0.05) is 17.7 Å². The maximum absolute atomic E-state index is 12.1. The van der Waals surface area contributed by atoms with Crippen molar-refractivity contribution in [2.45, 2.75) is 6.92 Å². The lowest BCUT2D eigenvalue weighted by molar-refractivity contribution is -0.110. The van der Waals surface area contributed by atoms with Crippen LogP contribution in [0.3, 0.4) is 0 Å². The average molecular weight is 350 g/mol. The van der Waals surface area contributed by atoms with E-state index in [1.54, 1.807) is 24.3 Å².